The van der Waals surface area contributed by atoms with E-state index in [2.05, 4.69) is 10.3 Å². The van der Waals surface area contributed by atoms with Gasteiger partial charge in [0.05, 0.1) is 10.6 Å². The maximum Gasteiger partial charge on any atom is 0.433 e. The van der Waals surface area contributed by atoms with Gasteiger partial charge in [-0.15, -0.1) is 11.3 Å². The molecule has 0 unspecified atom stereocenters. The SMILES string of the molecule is Cc1cc(C(F)(F)F)nc2sc(C(=O)Nc3ccccc3[N+](=O)[O-])c(N)c12. The summed E-state index contributed by atoms with van der Waals surface area (Å²) in [6, 6.07) is 6.34. The van der Waals surface area contributed by atoms with Crippen LogP contribution in [0.1, 0.15) is 20.9 Å². The van der Waals surface area contributed by atoms with Gasteiger partial charge in [0.25, 0.3) is 11.6 Å². The summed E-state index contributed by atoms with van der Waals surface area (Å²) in [5.74, 6) is -0.766. The zero-order chi connectivity index (χ0) is 19.9. The molecule has 0 saturated carbocycles. The van der Waals surface area contributed by atoms with Gasteiger partial charge in [-0.05, 0) is 24.6 Å². The summed E-state index contributed by atoms with van der Waals surface area (Å²) in [6.07, 6.45) is -4.63. The molecule has 3 aromatic rings. The number of hydrogen-bond acceptors (Lipinski definition) is 6. The molecule has 2 heterocycles. The van der Waals surface area contributed by atoms with Crippen LogP contribution < -0.4 is 11.1 Å². The minimum absolute atomic E-state index is 0.0233. The van der Waals surface area contributed by atoms with Crippen LogP contribution in [0.15, 0.2) is 30.3 Å². The number of amides is 1. The number of aromatic nitrogens is 1. The van der Waals surface area contributed by atoms with Gasteiger partial charge in [-0.3, -0.25) is 14.9 Å². The lowest BCUT2D eigenvalue weighted by atomic mass is 10.1. The van der Waals surface area contributed by atoms with Crippen LogP contribution in [0.4, 0.5) is 30.2 Å². The van der Waals surface area contributed by atoms with E-state index in [1.807, 2.05) is 0 Å². The number of nitro benzene ring substituents is 1. The summed E-state index contributed by atoms with van der Waals surface area (Å²) >= 11 is 0.692. The van der Waals surface area contributed by atoms with Gasteiger partial charge < -0.3 is 11.1 Å². The zero-order valence-electron chi connectivity index (χ0n) is 13.6. The standard InChI is InChI=1S/C16H11F3N4O3S/c1-7-6-10(16(17,18)19)22-15-11(7)12(20)13(27-15)14(24)21-8-4-2-3-5-9(8)23(25)26/h2-6H,20H2,1H3,(H,21,24). The van der Waals surface area contributed by atoms with Crippen molar-refractivity contribution in [2.75, 3.05) is 11.1 Å². The molecule has 0 aliphatic rings. The average Bonchev–Trinajstić information content (AvgIpc) is 2.92. The number of halogens is 3. The largest absolute Gasteiger partial charge is 0.433 e. The Balaban J connectivity index is 2.05. The summed E-state index contributed by atoms with van der Waals surface area (Å²) in [5.41, 5.74) is 4.70. The Kier molecular flexibility index (Phi) is 4.47. The van der Waals surface area contributed by atoms with Crippen LogP contribution in [0.25, 0.3) is 10.2 Å². The molecule has 7 nitrogen and oxygen atoms in total. The summed E-state index contributed by atoms with van der Waals surface area (Å²) in [7, 11) is 0. The normalized spacial score (nSPS) is 11.6. The Labute approximate surface area is 153 Å². The number of carbonyl (C=O) groups excluding carboxylic acids is 1. The fourth-order valence-corrected chi connectivity index (χ4v) is 3.61. The predicted molar refractivity (Wildman–Crippen MR) is 94.8 cm³/mol. The third-order valence-electron chi connectivity index (χ3n) is 3.74. The number of nitro groups is 1. The van der Waals surface area contributed by atoms with Crippen LogP contribution >= 0.6 is 11.3 Å². The Morgan fingerprint density at radius 3 is 2.63 bits per heavy atom. The van der Waals surface area contributed by atoms with E-state index in [4.69, 9.17) is 5.73 Å². The minimum Gasteiger partial charge on any atom is -0.397 e. The van der Waals surface area contributed by atoms with Crippen molar-refractivity contribution in [3.8, 4) is 0 Å². The number of para-hydroxylation sites is 2. The van der Waals surface area contributed by atoms with Crippen molar-refractivity contribution >= 4 is 44.5 Å². The molecule has 0 saturated heterocycles. The summed E-state index contributed by atoms with van der Waals surface area (Å²) in [5, 5.41) is 13.7. The van der Waals surface area contributed by atoms with E-state index in [0.29, 0.717) is 11.3 Å². The smallest absolute Gasteiger partial charge is 0.397 e. The third-order valence-corrected chi connectivity index (χ3v) is 4.84. The number of pyridine rings is 1. The van der Waals surface area contributed by atoms with E-state index in [1.54, 1.807) is 0 Å². The number of rotatable bonds is 3. The third kappa shape index (κ3) is 3.40. The lowest BCUT2D eigenvalue weighted by Gasteiger charge is -2.07. The topological polar surface area (TPSA) is 111 Å². The van der Waals surface area contributed by atoms with Crippen LogP contribution in [0.2, 0.25) is 0 Å². The lowest BCUT2D eigenvalue weighted by Crippen LogP contribution is -2.13. The van der Waals surface area contributed by atoms with Gasteiger partial charge >= 0.3 is 6.18 Å². The number of nitrogens with two attached hydrogens (primary N) is 1. The molecule has 0 aliphatic heterocycles. The molecular weight excluding hydrogens is 385 g/mol. The van der Waals surface area contributed by atoms with Crippen molar-refractivity contribution in [2.24, 2.45) is 0 Å². The van der Waals surface area contributed by atoms with Crippen LogP contribution in [-0.2, 0) is 6.18 Å². The predicted octanol–water partition coefficient (Wildman–Crippen LogP) is 4.37. The number of anilines is 2. The molecule has 0 fully saturated rings. The van der Waals surface area contributed by atoms with Gasteiger partial charge in [0.15, 0.2) is 0 Å². The molecule has 0 atom stereocenters. The van der Waals surface area contributed by atoms with Crippen LogP contribution in [0.5, 0.6) is 0 Å². The number of fused-ring (bicyclic) bond motifs is 1. The number of hydrogen-bond donors (Lipinski definition) is 2. The molecular formula is C16H11F3N4O3S. The van der Waals surface area contributed by atoms with E-state index in [1.165, 1.54) is 31.2 Å². The monoisotopic (exact) mass is 396 g/mol. The highest BCUT2D eigenvalue weighted by Gasteiger charge is 2.34. The molecule has 0 aliphatic carbocycles. The van der Waals surface area contributed by atoms with Gasteiger partial charge in [0.2, 0.25) is 0 Å². The second kappa shape index (κ2) is 6.50. The molecule has 0 bridgehead atoms. The Morgan fingerprint density at radius 1 is 1.33 bits per heavy atom. The van der Waals surface area contributed by atoms with Crippen LogP contribution in [-0.4, -0.2) is 15.8 Å². The molecule has 3 rings (SSSR count). The van der Waals surface area contributed by atoms with Gasteiger partial charge in [0, 0.05) is 11.5 Å². The number of thiophene rings is 1. The first-order chi connectivity index (χ1) is 12.6. The number of aryl methyl sites for hydroxylation is 1. The number of alkyl halides is 3. The molecule has 140 valence electrons. The number of benzene rings is 1. The van der Waals surface area contributed by atoms with Gasteiger partial charge in [-0.2, -0.15) is 13.2 Å². The number of nitrogen functional groups attached to an aromatic ring is 1. The molecule has 11 heteroatoms. The quantitative estimate of drug-likeness (QED) is 0.505. The number of carbonyl (C=O) groups is 1. The molecule has 3 N–H and O–H groups in total. The lowest BCUT2D eigenvalue weighted by molar-refractivity contribution is -0.383. The summed E-state index contributed by atoms with van der Waals surface area (Å²) < 4.78 is 38.8. The molecule has 0 spiro atoms. The second-order valence-electron chi connectivity index (χ2n) is 5.58. The minimum atomic E-state index is -4.63. The van der Waals surface area contributed by atoms with E-state index < -0.39 is 22.7 Å². The van der Waals surface area contributed by atoms with Crippen molar-refractivity contribution in [2.45, 2.75) is 13.1 Å². The molecule has 2 aromatic heterocycles. The molecule has 27 heavy (non-hydrogen) atoms. The highest BCUT2D eigenvalue weighted by molar-refractivity contribution is 7.21. The maximum absolute atomic E-state index is 12.9. The van der Waals surface area contributed by atoms with Gasteiger partial charge in [0.1, 0.15) is 21.1 Å². The fourth-order valence-electron chi connectivity index (χ4n) is 2.54. The number of nitrogens with one attached hydrogen (secondary N) is 1. The van der Waals surface area contributed by atoms with Crippen molar-refractivity contribution in [3.63, 3.8) is 0 Å². The second-order valence-corrected chi connectivity index (χ2v) is 6.57. The first kappa shape index (κ1) is 18.6. The number of nitrogens with zero attached hydrogens (tertiary/aromatic N) is 2. The van der Waals surface area contributed by atoms with Gasteiger partial charge in [-0.1, -0.05) is 12.1 Å². The van der Waals surface area contributed by atoms with E-state index in [0.717, 1.165) is 6.07 Å². The van der Waals surface area contributed by atoms with Crippen molar-refractivity contribution in [3.05, 3.63) is 56.6 Å². The Hall–Kier alpha value is -3.21. The first-order valence-electron chi connectivity index (χ1n) is 7.41. The Morgan fingerprint density at radius 2 is 2.00 bits per heavy atom. The zero-order valence-corrected chi connectivity index (χ0v) is 14.4. The van der Waals surface area contributed by atoms with Crippen LogP contribution in [0.3, 0.4) is 0 Å². The van der Waals surface area contributed by atoms with Crippen molar-refractivity contribution in [1.29, 1.82) is 0 Å². The first-order valence-corrected chi connectivity index (χ1v) is 8.23. The highest BCUT2D eigenvalue weighted by atomic mass is 32.1. The fraction of sp³-hybridized carbons (Fsp3) is 0.125. The highest BCUT2D eigenvalue weighted by Crippen LogP contribution is 2.38. The van der Waals surface area contributed by atoms with E-state index in [-0.39, 0.29) is 37.7 Å². The van der Waals surface area contributed by atoms with Crippen LogP contribution in [0, 0.1) is 17.0 Å². The van der Waals surface area contributed by atoms with Gasteiger partial charge in [-0.25, -0.2) is 4.98 Å². The van der Waals surface area contributed by atoms with E-state index in [9.17, 15) is 28.1 Å². The molecule has 1 amide bonds. The maximum atomic E-state index is 12.9. The van der Waals surface area contributed by atoms with Crippen molar-refractivity contribution in [1.82, 2.24) is 4.98 Å². The van der Waals surface area contributed by atoms with E-state index >= 15 is 0 Å². The molecule has 1 aromatic carbocycles. The molecule has 0 radical (unpaired) electrons. The van der Waals surface area contributed by atoms with Crippen molar-refractivity contribution < 1.29 is 22.9 Å². The summed E-state index contributed by atoms with van der Waals surface area (Å²) in [6.45, 7) is 1.44. The summed E-state index contributed by atoms with van der Waals surface area (Å²) in [4.78, 5) is 26.3. The Bertz CT molecular complexity index is 1080. The average molecular weight is 396 g/mol.